The maximum Gasteiger partial charge on any atom is 0.573 e. The van der Waals surface area contributed by atoms with Gasteiger partial charge in [0.15, 0.2) is 5.78 Å². The maximum atomic E-state index is 14.0. The van der Waals surface area contributed by atoms with Crippen molar-refractivity contribution < 1.29 is 45.8 Å². The lowest BCUT2D eigenvalue weighted by Gasteiger charge is -2.16. The summed E-state index contributed by atoms with van der Waals surface area (Å²) in [5.74, 6) is -10.0. The number of ketones is 2. The summed E-state index contributed by atoms with van der Waals surface area (Å²) in [5.41, 5.74) is 5.92. The summed E-state index contributed by atoms with van der Waals surface area (Å²) in [7, 11) is 0. The first-order valence-electron chi connectivity index (χ1n) is 9.74. The van der Waals surface area contributed by atoms with E-state index in [0.717, 1.165) is 18.3 Å². The number of alkyl halides is 5. The quantitative estimate of drug-likeness (QED) is 0.180. The van der Waals surface area contributed by atoms with Crippen molar-refractivity contribution in [1.29, 1.82) is 0 Å². The molecule has 0 atom stereocenters. The summed E-state index contributed by atoms with van der Waals surface area (Å²) in [5, 5.41) is 2.79. The Morgan fingerprint density at radius 1 is 1.06 bits per heavy atom. The minimum Gasteiger partial charge on any atom is -0.461 e. The molecule has 0 aliphatic rings. The van der Waals surface area contributed by atoms with Gasteiger partial charge in [-0.3, -0.25) is 9.59 Å². The normalized spacial score (nSPS) is 12.1. The molecule has 0 amide bonds. The summed E-state index contributed by atoms with van der Waals surface area (Å²) in [6.07, 6.45) is -5.11. The molecule has 3 N–H and O–H groups in total. The topological polar surface area (TPSA) is 108 Å². The number of Topliss-reactive ketones (excluding diaryl/α,β-unsaturated/α-hetero) is 2. The van der Waals surface area contributed by atoms with Crippen LogP contribution in [0, 0.1) is 0 Å². The molecule has 0 aliphatic heterocycles. The van der Waals surface area contributed by atoms with Crippen LogP contribution in [0.2, 0.25) is 0 Å². The Morgan fingerprint density at radius 2 is 1.69 bits per heavy atom. The number of carbonyl (C=O) groups is 3. The number of ether oxygens (including phenoxy) is 2. The second kappa shape index (κ2) is 11.3. The van der Waals surface area contributed by atoms with E-state index in [2.05, 4.69) is 30.7 Å². The van der Waals surface area contributed by atoms with Crippen LogP contribution in [0.3, 0.4) is 0 Å². The molecule has 0 aromatic heterocycles. The Balaban J connectivity index is 2.28. The molecule has 0 fully saturated rings. The number of hydrogen-bond donors (Lipinski definition) is 2. The van der Waals surface area contributed by atoms with Crippen molar-refractivity contribution in [3.8, 4) is 5.75 Å². The smallest absolute Gasteiger partial charge is 0.461 e. The summed E-state index contributed by atoms with van der Waals surface area (Å²) in [4.78, 5) is 36.0. The number of anilines is 1. The maximum absolute atomic E-state index is 14.0. The number of halogens is 6. The summed E-state index contributed by atoms with van der Waals surface area (Å²) in [6.45, 7) is 0.900. The Morgan fingerprint density at radius 3 is 2.23 bits per heavy atom. The van der Waals surface area contributed by atoms with Crippen molar-refractivity contribution in [3.05, 3.63) is 64.3 Å². The molecule has 0 radical (unpaired) electrons. The first kappa shape index (κ1) is 27.8. The van der Waals surface area contributed by atoms with Crippen molar-refractivity contribution >= 4 is 44.9 Å². The van der Waals surface area contributed by atoms with Gasteiger partial charge in [-0.05, 0) is 55.0 Å². The van der Waals surface area contributed by atoms with Crippen LogP contribution in [0.5, 0.6) is 5.75 Å². The highest BCUT2D eigenvalue weighted by Crippen LogP contribution is 2.29. The molecule has 0 saturated carbocycles. The van der Waals surface area contributed by atoms with E-state index in [0.29, 0.717) is 10.0 Å². The highest BCUT2D eigenvalue weighted by atomic mass is 79.9. The Kier molecular flexibility index (Phi) is 8.96. The number of nitrogens with two attached hydrogens (primary N) is 1. The minimum atomic E-state index is -4.88. The molecule has 7 nitrogen and oxygen atoms in total. The third kappa shape index (κ3) is 7.50. The Hall–Kier alpha value is -3.48. The molecule has 2 aromatic rings. The number of benzene rings is 2. The molecular weight excluding hydrogens is 547 g/mol. The lowest BCUT2D eigenvalue weighted by molar-refractivity contribution is -0.274. The zero-order valence-corrected chi connectivity index (χ0v) is 19.5. The third-order valence-corrected chi connectivity index (χ3v) is 4.81. The van der Waals surface area contributed by atoms with Gasteiger partial charge in [0, 0.05) is 16.2 Å². The van der Waals surface area contributed by atoms with Gasteiger partial charge in [0.05, 0.1) is 24.4 Å². The van der Waals surface area contributed by atoms with Gasteiger partial charge in [0.2, 0.25) is 5.78 Å². The summed E-state index contributed by atoms with van der Waals surface area (Å²) >= 11 is 3.20. The van der Waals surface area contributed by atoms with E-state index < -0.39 is 42.0 Å². The third-order valence-electron chi connectivity index (χ3n) is 4.32. The Bertz CT molecular complexity index is 1130. The van der Waals surface area contributed by atoms with E-state index in [1.807, 2.05) is 0 Å². The number of rotatable bonds is 10. The molecule has 13 heteroatoms. The first-order chi connectivity index (χ1) is 16.3. The van der Waals surface area contributed by atoms with Crippen LogP contribution in [0.4, 0.5) is 27.6 Å². The molecule has 0 spiro atoms. The zero-order valence-electron chi connectivity index (χ0n) is 17.9. The van der Waals surface area contributed by atoms with E-state index >= 15 is 0 Å². The zero-order chi connectivity index (χ0) is 26.4. The fraction of sp³-hybridized carbons (Fsp3) is 0.227. The van der Waals surface area contributed by atoms with Crippen LogP contribution < -0.4 is 15.8 Å². The molecule has 2 rings (SSSR count). The molecule has 35 heavy (non-hydrogen) atoms. The largest absolute Gasteiger partial charge is 0.573 e. The average molecular weight is 565 g/mol. The fourth-order valence-corrected chi connectivity index (χ4v) is 3.10. The van der Waals surface area contributed by atoms with Crippen molar-refractivity contribution in [2.24, 2.45) is 5.73 Å². The lowest BCUT2D eigenvalue weighted by atomic mass is 10.0. The highest BCUT2D eigenvalue weighted by molar-refractivity contribution is 9.10. The number of nitrogens with one attached hydrogen (secondary N) is 1. The van der Waals surface area contributed by atoms with Crippen LogP contribution in [-0.2, 0) is 14.3 Å². The number of esters is 1. The molecule has 0 aliphatic carbocycles. The first-order valence-corrected chi connectivity index (χ1v) is 10.5. The van der Waals surface area contributed by atoms with Gasteiger partial charge in [-0.2, -0.15) is 8.78 Å². The monoisotopic (exact) mass is 564 g/mol. The standard InChI is InChI=1S/C22H18BrF5N2O5/c1-2-34-20(33)21(24,25)19(32)10-18(31)15-8-5-13(23)9-16(15)30-17(11-29)12-3-6-14(7-4-12)35-22(26,27)28/h3-9,11,30H,2,10,29H2,1H3/b17-11-. The molecule has 0 saturated heterocycles. The van der Waals surface area contributed by atoms with Gasteiger partial charge in [-0.15, -0.1) is 13.2 Å². The van der Waals surface area contributed by atoms with Gasteiger partial charge in [0.25, 0.3) is 0 Å². The van der Waals surface area contributed by atoms with E-state index in [1.54, 1.807) is 0 Å². The van der Waals surface area contributed by atoms with Crippen molar-refractivity contribution in [3.63, 3.8) is 0 Å². The van der Waals surface area contributed by atoms with E-state index in [-0.39, 0.29) is 23.6 Å². The second-order valence-electron chi connectivity index (χ2n) is 6.79. The van der Waals surface area contributed by atoms with Gasteiger partial charge < -0.3 is 20.5 Å². The molecular formula is C22H18BrF5N2O5. The predicted molar refractivity (Wildman–Crippen MR) is 119 cm³/mol. The summed E-state index contributed by atoms with van der Waals surface area (Å²) in [6, 6.07) is 8.66. The molecule has 0 bridgehead atoms. The van der Waals surface area contributed by atoms with Gasteiger partial charge >= 0.3 is 18.3 Å². The molecule has 0 unspecified atom stereocenters. The van der Waals surface area contributed by atoms with E-state index in [9.17, 15) is 36.3 Å². The minimum absolute atomic E-state index is 0.0453. The fourth-order valence-electron chi connectivity index (χ4n) is 2.74. The average Bonchev–Trinajstić information content (AvgIpc) is 2.77. The van der Waals surface area contributed by atoms with Crippen molar-refractivity contribution in [2.45, 2.75) is 25.6 Å². The van der Waals surface area contributed by atoms with Crippen LogP contribution in [0.15, 0.2) is 53.1 Å². The predicted octanol–water partition coefficient (Wildman–Crippen LogP) is 5.06. The van der Waals surface area contributed by atoms with Crippen molar-refractivity contribution in [2.75, 3.05) is 11.9 Å². The van der Waals surface area contributed by atoms with Gasteiger partial charge in [0.1, 0.15) is 5.75 Å². The molecule has 188 valence electrons. The Labute approximate surface area is 204 Å². The highest BCUT2D eigenvalue weighted by Gasteiger charge is 2.49. The van der Waals surface area contributed by atoms with E-state index in [1.165, 1.54) is 37.3 Å². The number of carbonyl (C=O) groups excluding carboxylic acids is 3. The van der Waals surface area contributed by atoms with E-state index in [4.69, 9.17) is 5.73 Å². The van der Waals surface area contributed by atoms with Crippen LogP contribution >= 0.6 is 15.9 Å². The van der Waals surface area contributed by atoms with Gasteiger partial charge in [-0.1, -0.05) is 15.9 Å². The van der Waals surface area contributed by atoms with Crippen LogP contribution in [-0.4, -0.2) is 36.4 Å². The number of hydrogen-bond acceptors (Lipinski definition) is 7. The SMILES string of the molecule is CCOC(=O)C(F)(F)C(=O)CC(=O)c1ccc(Br)cc1N/C(=C\N)c1ccc(OC(F)(F)F)cc1. The van der Waals surface area contributed by atoms with Gasteiger partial charge in [-0.25, -0.2) is 4.79 Å². The van der Waals surface area contributed by atoms with Crippen LogP contribution in [0.1, 0.15) is 29.3 Å². The second-order valence-corrected chi connectivity index (χ2v) is 7.70. The van der Waals surface area contributed by atoms with Crippen LogP contribution in [0.25, 0.3) is 5.70 Å². The summed E-state index contributed by atoms with van der Waals surface area (Å²) < 4.78 is 73.4. The molecule has 0 heterocycles. The molecule has 2 aromatic carbocycles. The lowest BCUT2D eigenvalue weighted by Crippen LogP contribution is -2.40. The van der Waals surface area contributed by atoms with Crippen molar-refractivity contribution in [1.82, 2.24) is 0 Å².